The fourth-order valence-electron chi connectivity index (χ4n) is 10.2. The summed E-state index contributed by atoms with van der Waals surface area (Å²) in [6, 6.07) is 73.4. The van der Waals surface area contributed by atoms with Crippen molar-refractivity contribution >= 4 is 84.2 Å². The maximum absolute atomic E-state index is 13.0. The van der Waals surface area contributed by atoms with Gasteiger partial charge in [-0.3, -0.25) is 14.4 Å². The van der Waals surface area contributed by atoms with E-state index in [9.17, 15) is 76.0 Å². The highest BCUT2D eigenvalue weighted by Gasteiger charge is 2.63. The first-order valence-electron chi connectivity index (χ1n) is 37.5. The van der Waals surface area contributed by atoms with Gasteiger partial charge in [0, 0.05) is 0 Å². The minimum Gasteiger partial charge on any atom is -0.743 e. The van der Waals surface area contributed by atoms with Gasteiger partial charge in [-0.05, 0) is 258 Å². The lowest BCUT2D eigenvalue weighted by atomic mass is 9.90. The molecule has 10 aromatic rings. The molecule has 0 aliphatic heterocycles. The molecule has 2 N–H and O–H groups in total. The van der Waals surface area contributed by atoms with E-state index in [0.29, 0.717) is 29.8 Å². The molecule has 18 nitrogen and oxygen atoms in total. The maximum atomic E-state index is 13.0. The summed E-state index contributed by atoms with van der Waals surface area (Å²) in [5, 5.41) is 17.5. The minimum atomic E-state index is -6.66. The molecule has 0 fully saturated rings. The number of phenolic OH excluding ortho intramolecular Hbond substituents is 2. The zero-order chi connectivity index (χ0) is 87.7. The van der Waals surface area contributed by atoms with Crippen molar-refractivity contribution in [2.24, 2.45) is 16.2 Å². The third kappa shape index (κ3) is 35.4. The highest BCUT2D eigenvalue weighted by Crippen LogP contribution is 2.41. The molecule has 10 rings (SSSR count). The lowest BCUT2D eigenvalue weighted by Gasteiger charge is -2.32. The average Bonchev–Trinajstić information content (AvgIpc) is 0.769. The summed E-state index contributed by atoms with van der Waals surface area (Å²) in [6.07, 6.45) is -7.10. The van der Waals surface area contributed by atoms with Crippen molar-refractivity contribution in [2.45, 2.75) is 263 Å². The molecule has 0 aliphatic carbocycles. The molecule has 10 aromatic carbocycles. The van der Waals surface area contributed by atoms with Crippen LogP contribution in [-0.4, -0.2) is 95.7 Å². The third-order valence-electron chi connectivity index (χ3n) is 19.5. The Morgan fingerprint density at radius 3 is 1.13 bits per heavy atom. The van der Waals surface area contributed by atoms with Crippen LogP contribution >= 0.6 is 0 Å². The van der Waals surface area contributed by atoms with Crippen molar-refractivity contribution in [3.05, 3.63) is 259 Å². The molecule has 0 amide bonds. The van der Waals surface area contributed by atoms with Crippen molar-refractivity contribution in [3.63, 3.8) is 0 Å². The summed E-state index contributed by atoms with van der Waals surface area (Å²) in [4.78, 5) is 50.4. The molecule has 4 unspecified atom stereocenters. The molecule has 4 atom stereocenters. The Kier molecular flexibility index (Phi) is 56.5. The van der Waals surface area contributed by atoms with Crippen molar-refractivity contribution in [1.29, 1.82) is 0 Å². The van der Waals surface area contributed by atoms with Gasteiger partial charge in [-0.2, -0.15) is 22.0 Å². The zero-order valence-electron chi connectivity index (χ0n) is 68.3. The molecule has 0 aliphatic rings. The molecule has 0 saturated carbocycles. The molecule has 0 bridgehead atoms. The summed E-state index contributed by atoms with van der Waals surface area (Å²) >= 11 is 0. The number of hydrogen-bond acceptors (Lipinski definition) is 18. The van der Waals surface area contributed by atoms with E-state index in [2.05, 4.69) is 177 Å². The van der Waals surface area contributed by atoms with Crippen LogP contribution in [-0.2, 0) is 67.3 Å². The highest BCUT2D eigenvalue weighted by molar-refractivity contribution is 8.67. The highest BCUT2D eigenvalue weighted by atomic mass is 33.2. The minimum absolute atomic E-state index is 0. The summed E-state index contributed by atoms with van der Waals surface area (Å²) in [6.45, 7) is 25.2. The van der Waals surface area contributed by atoms with E-state index in [1.807, 2.05) is 58.9 Å². The van der Waals surface area contributed by atoms with E-state index in [4.69, 9.17) is 19.3 Å². The van der Waals surface area contributed by atoms with Crippen molar-refractivity contribution in [3.8, 4) is 23.0 Å². The standard InChI is InChI=1S/C22H24O2.C19H22O7S2.C18H15S.C12H16O3.C10H14O.C9H13F5O5S.10CH4/c1-5-22(3,4)21(23)24-15(2)16-10-11-19-13-17-8-6-7-9-18(17)14-20(19)12-16;1-5-19(2,3)18(20)26-15-8-12-17(13-9-15)28(23,24)27(21,22)16-10-6-14(25-4)7-11-16;1-4-10-16(11-5-1)19(17-12-6-2-7-13-17)18-14-8-3-9-15-18;1-4-8(2)9-5-6-11(13)10(7-9)12(14)15-3;1-3-8(2)9-4-6-10(11)7-5-9;1-4-7(2,3)6(15)19-5(8(10,11)12)9(13,14)20(16,17)18;;;;;;;;;;/h6-15H,5H2,1-4H3;6-13H,5H2,1-4H3;1-15H;5-8,13H,4H2,1-3H3;4-8,11H,3H2,1-2H3;5H,4H2,1-3H3,(H,16,17,18);10*1H4/q;;+1;;;;;;;;;;;;;/p-1. The first kappa shape index (κ1) is 128. The topological polar surface area (TPSA) is 280 Å². The molecule has 127 heavy (non-hydrogen) atoms. The Balaban J connectivity index is -0.000000347. The van der Waals surface area contributed by atoms with E-state index in [1.165, 1.54) is 93.3 Å². The van der Waals surface area contributed by atoms with E-state index in [0.717, 1.165) is 68.5 Å². The number of phenols is 2. The van der Waals surface area contributed by atoms with Crippen LogP contribution in [0.2, 0.25) is 0 Å². The maximum Gasteiger partial charge on any atom is 0.432 e. The predicted molar refractivity (Wildman–Crippen MR) is 512 cm³/mol. The van der Waals surface area contributed by atoms with Crippen LogP contribution in [0.4, 0.5) is 22.0 Å². The number of halogens is 5. The number of hydrogen-bond donors (Lipinski definition) is 2. The molecular formula is C100H143F5O18S4. The number of benzene rings is 10. The van der Waals surface area contributed by atoms with Gasteiger partial charge in [0.15, 0.2) is 24.8 Å². The van der Waals surface area contributed by atoms with Crippen LogP contribution in [0.25, 0.3) is 21.5 Å². The number of methoxy groups -OCH3 is 2. The van der Waals surface area contributed by atoms with Gasteiger partial charge in [0.1, 0.15) is 34.7 Å². The van der Waals surface area contributed by atoms with E-state index >= 15 is 0 Å². The average molecular weight is 1860 g/mol. The van der Waals surface area contributed by atoms with Crippen molar-refractivity contribution < 1.29 is 105 Å². The predicted octanol–water partition coefficient (Wildman–Crippen LogP) is 28.0. The van der Waals surface area contributed by atoms with Gasteiger partial charge in [0.2, 0.25) is 0 Å². The number of aromatic hydroxyl groups is 2. The smallest absolute Gasteiger partial charge is 0.432 e. The SMILES string of the molecule is C.C.C.C.C.C.C.C.C.C.CCC(C)(C)C(=O)OC(C(F)(F)F)C(F)(F)S(=O)(=O)[O-].CCC(C)(C)C(=O)OC(C)c1ccc2cc3ccccc3cc2c1.CCC(C)(C)C(=O)Oc1ccc(S(=O)(=O)S(=O)(=O)c2ccc(OC)cc2)cc1.CCC(C)c1ccc(O)c(C(=O)OC)c1.CCC(C)c1ccc(O)cc1.c1ccc([S+](c2ccccc2)c2ccccc2)cc1. The van der Waals surface area contributed by atoms with E-state index < -0.39 is 84.4 Å². The number of ether oxygens (including phenoxy) is 5. The van der Waals surface area contributed by atoms with Gasteiger partial charge in [0.25, 0.3) is 23.8 Å². The van der Waals surface area contributed by atoms with E-state index in [1.54, 1.807) is 32.0 Å². The Labute approximate surface area is 759 Å². The van der Waals surface area contributed by atoms with Gasteiger partial charge in [0.05, 0.1) is 51.2 Å². The number of rotatable bonds is 24. The Hall–Kier alpha value is -10.2. The van der Waals surface area contributed by atoms with Crippen molar-refractivity contribution in [1.82, 2.24) is 0 Å². The summed E-state index contributed by atoms with van der Waals surface area (Å²) in [5.41, 5.74) is 0.907. The molecule has 0 aromatic heterocycles. The lowest BCUT2D eigenvalue weighted by Crippen LogP contribution is -2.53. The van der Waals surface area contributed by atoms with Crippen LogP contribution in [0.15, 0.2) is 261 Å². The van der Waals surface area contributed by atoms with Gasteiger partial charge < -0.3 is 38.5 Å². The molecular weight excluding hydrogens is 1710 g/mol. The van der Waals surface area contributed by atoms with Gasteiger partial charge >= 0.3 is 35.3 Å². The van der Waals surface area contributed by atoms with Crippen LogP contribution in [0.5, 0.6) is 23.0 Å². The first-order valence-corrected chi connectivity index (χ1v) is 43.6. The Morgan fingerprint density at radius 1 is 0.409 bits per heavy atom. The second kappa shape index (κ2) is 56.2. The summed E-state index contributed by atoms with van der Waals surface area (Å²) < 4.78 is 169. The van der Waals surface area contributed by atoms with E-state index in [-0.39, 0.29) is 126 Å². The Morgan fingerprint density at radius 2 is 0.756 bits per heavy atom. The van der Waals surface area contributed by atoms with Crippen LogP contribution < -0.4 is 9.47 Å². The monoisotopic (exact) mass is 1850 g/mol. The van der Waals surface area contributed by atoms with Crippen LogP contribution in [0.1, 0.15) is 248 Å². The van der Waals surface area contributed by atoms with Gasteiger partial charge in [-0.1, -0.05) is 232 Å². The second-order valence-corrected chi connectivity index (χ2v) is 37.9. The molecule has 0 radical (unpaired) electrons. The number of fused-ring (bicyclic) bond motifs is 2. The summed E-state index contributed by atoms with van der Waals surface area (Å²) in [5.74, 6) is -0.990. The largest absolute Gasteiger partial charge is 0.743 e. The number of alkyl halides is 5. The molecule has 0 heterocycles. The summed E-state index contributed by atoms with van der Waals surface area (Å²) in [7, 11) is -13.3. The molecule has 710 valence electrons. The normalized spacial score (nSPS) is 11.9. The Bertz CT molecular complexity index is 5160. The molecule has 0 saturated heterocycles. The number of carbonyl (C=O) groups excluding carboxylic acids is 4. The fraction of sp³-hybridized carbons (Fsp3) is 0.400. The fourth-order valence-corrected chi connectivity index (χ4v) is 16.3. The zero-order valence-corrected chi connectivity index (χ0v) is 71.6. The molecule has 0 spiro atoms. The quantitative estimate of drug-likeness (QED) is 0.00831. The second-order valence-electron chi connectivity index (χ2n) is 29.1. The van der Waals surface area contributed by atoms with Gasteiger partial charge in [-0.15, -0.1) is 0 Å². The lowest BCUT2D eigenvalue weighted by molar-refractivity contribution is -0.262. The number of esters is 4. The van der Waals surface area contributed by atoms with Gasteiger partial charge in [-0.25, -0.2) is 30.0 Å². The van der Waals surface area contributed by atoms with Crippen molar-refractivity contribution in [2.75, 3.05) is 14.2 Å². The van der Waals surface area contributed by atoms with Crippen LogP contribution in [0.3, 0.4) is 0 Å². The van der Waals surface area contributed by atoms with Crippen LogP contribution in [0, 0.1) is 16.2 Å². The number of carbonyl (C=O) groups is 4. The molecule has 27 heteroatoms. The first-order chi connectivity index (χ1) is 54.7. The third-order valence-corrected chi connectivity index (χ3v) is 27.8.